The van der Waals surface area contributed by atoms with Gasteiger partial charge in [-0.2, -0.15) is 0 Å². The maximum atomic E-state index is 12.7. The smallest absolute Gasteiger partial charge is 0.269 e. The van der Waals surface area contributed by atoms with E-state index in [1.54, 1.807) is 12.1 Å². The Kier molecular flexibility index (Phi) is 3.60. The first kappa shape index (κ1) is 10.4. The second-order valence-electron chi connectivity index (χ2n) is 2.99. The lowest BCUT2D eigenvalue weighted by Crippen LogP contribution is -2.25. The van der Waals surface area contributed by atoms with Crippen LogP contribution in [0.1, 0.15) is 25.0 Å². The number of aryl methyl sites for hydroxylation is 1. The van der Waals surface area contributed by atoms with Crippen LogP contribution in [0.25, 0.3) is 0 Å². The molecule has 0 aliphatic rings. The van der Waals surface area contributed by atoms with Crippen LogP contribution in [-0.2, 0) is 12.8 Å². The van der Waals surface area contributed by atoms with E-state index in [-0.39, 0.29) is 0 Å². The minimum Gasteiger partial charge on any atom is -0.269 e. The summed E-state index contributed by atoms with van der Waals surface area (Å²) < 4.78 is 25.3. The van der Waals surface area contributed by atoms with Crippen molar-refractivity contribution in [2.45, 2.75) is 26.7 Å². The van der Waals surface area contributed by atoms with Crippen molar-refractivity contribution in [2.75, 3.05) is 0 Å². The molecular formula is C10H14F2Si. The third-order valence-corrected chi connectivity index (χ3v) is 3.29. The highest BCUT2D eigenvalue weighted by molar-refractivity contribution is 6.60. The number of benzene rings is 1. The molecule has 0 amide bonds. The monoisotopic (exact) mass is 200 g/mol. The summed E-state index contributed by atoms with van der Waals surface area (Å²) >= 11 is 0. The van der Waals surface area contributed by atoms with Crippen LogP contribution in [0.5, 0.6) is 0 Å². The quantitative estimate of drug-likeness (QED) is 0.518. The van der Waals surface area contributed by atoms with Crippen LogP contribution in [-0.4, -0.2) is 9.46 Å². The fourth-order valence-corrected chi connectivity index (χ4v) is 2.53. The zero-order valence-electron chi connectivity index (χ0n) is 7.98. The van der Waals surface area contributed by atoms with Crippen LogP contribution in [0.15, 0.2) is 18.2 Å². The van der Waals surface area contributed by atoms with Gasteiger partial charge in [0, 0.05) is 5.19 Å². The molecule has 0 aliphatic heterocycles. The molecule has 1 aromatic carbocycles. The molecule has 0 heterocycles. The van der Waals surface area contributed by atoms with Gasteiger partial charge in [0.2, 0.25) is 0 Å². The van der Waals surface area contributed by atoms with Gasteiger partial charge in [-0.1, -0.05) is 32.0 Å². The molecular weight excluding hydrogens is 186 g/mol. The third kappa shape index (κ3) is 2.15. The van der Waals surface area contributed by atoms with E-state index < -0.39 is 9.46 Å². The van der Waals surface area contributed by atoms with Crippen molar-refractivity contribution in [3.05, 3.63) is 29.3 Å². The Morgan fingerprint density at radius 2 is 1.85 bits per heavy atom. The molecule has 0 aromatic heterocycles. The highest BCUT2D eigenvalue weighted by Crippen LogP contribution is 2.09. The minimum atomic E-state index is -3.63. The Balaban J connectivity index is 3.19. The van der Waals surface area contributed by atoms with E-state index in [0.29, 0.717) is 5.19 Å². The van der Waals surface area contributed by atoms with Gasteiger partial charge in [-0.25, -0.2) is 0 Å². The molecule has 1 rings (SSSR count). The van der Waals surface area contributed by atoms with Gasteiger partial charge in [0.25, 0.3) is 0 Å². The van der Waals surface area contributed by atoms with Crippen molar-refractivity contribution < 1.29 is 8.22 Å². The summed E-state index contributed by atoms with van der Waals surface area (Å²) in [6, 6.07) is 5.26. The van der Waals surface area contributed by atoms with Crippen LogP contribution in [0.3, 0.4) is 0 Å². The van der Waals surface area contributed by atoms with Crippen molar-refractivity contribution in [3.63, 3.8) is 0 Å². The van der Waals surface area contributed by atoms with Gasteiger partial charge in [0.1, 0.15) is 0 Å². The summed E-state index contributed by atoms with van der Waals surface area (Å²) in [6.07, 6.45) is 1.56. The van der Waals surface area contributed by atoms with Gasteiger partial charge < -0.3 is 0 Å². The highest BCUT2D eigenvalue weighted by Gasteiger charge is 2.16. The Bertz CT molecular complexity index is 284. The van der Waals surface area contributed by atoms with Gasteiger partial charge >= 0.3 is 9.46 Å². The van der Waals surface area contributed by atoms with Crippen molar-refractivity contribution >= 4 is 14.7 Å². The topological polar surface area (TPSA) is 0 Å². The second-order valence-corrected chi connectivity index (χ2v) is 4.22. The molecule has 3 heteroatoms. The minimum absolute atomic E-state index is 0.335. The summed E-state index contributed by atoms with van der Waals surface area (Å²) in [6.45, 7) is 3.94. The fraction of sp³-hybridized carbons (Fsp3) is 0.400. The molecule has 0 atom stereocenters. The maximum Gasteiger partial charge on any atom is 0.441 e. The average molecular weight is 200 g/mol. The highest BCUT2D eigenvalue weighted by atomic mass is 28.4. The molecule has 0 saturated heterocycles. The molecule has 0 N–H and O–H groups in total. The van der Waals surface area contributed by atoms with Crippen molar-refractivity contribution in [1.29, 1.82) is 0 Å². The van der Waals surface area contributed by atoms with E-state index in [2.05, 4.69) is 0 Å². The van der Waals surface area contributed by atoms with Gasteiger partial charge in [0.05, 0.1) is 0 Å². The molecule has 0 radical (unpaired) electrons. The molecule has 0 spiro atoms. The van der Waals surface area contributed by atoms with E-state index in [1.807, 2.05) is 19.9 Å². The number of hydrogen-bond donors (Lipinski definition) is 0. The predicted octanol–water partition coefficient (Wildman–Crippen LogP) is 2.18. The van der Waals surface area contributed by atoms with Gasteiger partial charge in [-0.15, -0.1) is 0 Å². The Labute approximate surface area is 79.5 Å². The number of hydrogen-bond acceptors (Lipinski definition) is 0. The Morgan fingerprint density at radius 3 is 2.31 bits per heavy atom. The molecule has 0 unspecified atom stereocenters. The number of rotatable bonds is 3. The van der Waals surface area contributed by atoms with Crippen LogP contribution in [0, 0.1) is 0 Å². The zero-order chi connectivity index (χ0) is 9.84. The number of halogens is 2. The lowest BCUT2D eigenvalue weighted by Gasteiger charge is -2.10. The van der Waals surface area contributed by atoms with E-state index in [4.69, 9.17) is 0 Å². The van der Waals surface area contributed by atoms with E-state index in [0.717, 1.165) is 24.0 Å². The van der Waals surface area contributed by atoms with Crippen LogP contribution in [0.4, 0.5) is 8.22 Å². The Hall–Kier alpha value is -0.703. The Morgan fingerprint density at radius 1 is 1.15 bits per heavy atom. The van der Waals surface area contributed by atoms with E-state index in [1.165, 1.54) is 0 Å². The van der Waals surface area contributed by atoms with Gasteiger partial charge in [-0.3, -0.25) is 8.22 Å². The molecule has 0 nitrogen and oxygen atoms in total. The van der Waals surface area contributed by atoms with Gasteiger partial charge in [0.15, 0.2) is 0 Å². The van der Waals surface area contributed by atoms with Crippen LogP contribution < -0.4 is 5.19 Å². The second kappa shape index (κ2) is 4.51. The SMILES string of the molecule is CCc1cccc([SiH](F)F)c1CC. The summed E-state index contributed by atoms with van der Waals surface area (Å²) in [5, 5.41) is 0.335. The first-order valence-corrected chi connectivity index (χ1v) is 6.04. The first-order valence-electron chi connectivity index (χ1n) is 4.59. The van der Waals surface area contributed by atoms with Crippen molar-refractivity contribution in [2.24, 2.45) is 0 Å². The fourth-order valence-electron chi connectivity index (χ4n) is 1.62. The zero-order valence-corrected chi connectivity index (χ0v) is 9.13. The molecule has 0 bridgehead atoms. The summed E-state index contributed by atoms with van der Waals surface area (Å²) in [4.78, 5) is 0. The average Bonchev–Trinajstić information content (AvgIpc) is 2.16. The molecule has 1 aromatic rings. The maximum absolute atomic E-state index is 12.7. The normalized spacial score (nSPS) is 10.8. The summed E-state index contributed by atoms with van der Waals surface area (Å²) in [7, 11) is -3.63. The van der Waals surface area contributed by atoms with E-state index >= 15 is 0 Å². The third-order valence-electron chi connectivity index (χ3n) is 2.28. The standard InChI is InChI=1S/C10H14F2Si/c1-3-8-6-5-7-10(13(11)12)9(8)4-2/h5-7,13H,3-4H2,1-2H3. The first-order chi connectivity index (χ1) is 6.20. The van der Waals surface area contributed by atoms with Gasteiger partial charge in [-0.05, 0) is 24.0 Å². The van der Waals surface area contributed by atoms with Crippen molar-refractivity contribution in [3.8, 4) is 0 Å². The lowest BCUT2D eigenvalue weighted by molar-refractivity contribution is 0.683. The van der Waals surface area contributed by atoms with E-state index in [9.17, 15) is 8.22 Å². The summed E-state index contributed by atoms with van der Waals surface area (Å²) in [5.41, 5.74) is 1.96. The molecule has 0 aliphatic carbocycles. The van der Waals surface area contributed by atoms with Crippen LogP contribution in [0.2, 0.25) is 0 Å². The van der Waals surface area contributed by atoms with Crippen LogP contribution >= 0.6 is 0 Å². The summed E-state index contributed by atoms with van der Waals surface area (Å²) in [5.74, 6) is 0. The predicted molar refractivity (Wildman–Crippen MR) is 54.2 cm³/mol. The lowest BCUT2D eigenvalue weighted by atomic mass is 10.0. The molecule has 13 heavy (non-hydrogen) atoms. The molecule has 0 fully saturated rings. The van der Waals surface area contributed by atoms with Crippen molar-refractivity contribution in [1.82, 2.24) is 0 Å². The largest absolute Gasteiger partial charge is 0.441 e. The molecule has 0 saturated carbocycles. The molecule has 72 valence electrons.